The van der Waals surface area contributed by atoms with E-state index in [2.05, 4.69) is 17.1 Å². The summed E-state index contributed by atoms with van der Waals surface area (Å²) in [5.41, 5.74) is 0.862. The number of hydrogen-bond donors (Lipinski definition) is 2. The molecule has 0 aromatic rings. The summed E-state index contributed by atoms with van der Waals surface area (Å²) in [6.45, 7) is 8.03. The minimum atomic E-state index is -0.869. The molecule has 0 bridgehead atoms. The van der Waals surface area contributed by atoms with Gasteiger partial charge < -0.3 is 10.4 Å². The van der Waals surface area contributed by atoms with Gasteiger partial charge in [-0.05, 0) is 39.8 Å². The van der Waals surface area contributed by atoms with Crippen LogP contribution in [0.2, 0.25) is 0 Å². The van der Waals surface area contributed by atoms with Crippen molar-refractivity contribution in [3.05, 3.63) is 11.6 Å². The number of aliphatic carboxylic acids is 1. The molecule has 1 atom stereocenters. The van der Waals surface area contributed by atoms with Gasteiger partial charge in [-0.1, -0.05) is 5.57 Å². The molecule has 1 fully saturated rings. The Kier molecular flexibility index (Phi) is 5.49. The van der Waals surface area contributed by atoms with E-state index in [1.165, 1.54) is 32.0 Å². The Hall–Kier alpha value is -0.870. The molecular formula is C12H22N2O2. The lowest BCUT2D eigenvalue weighted by Gasteiger charge is -2.23. The third-order valence-corrected chi connectivity index (χ3v) is 2.98. The molecule has 4 heteroatoms. The zero-order valence-corrected chi connectivity index (χ0v) is 10.2. The van der Waals surface area contributed by atoms with Crippen LogP contribution in [-0.4, -0.2) is 48.2 Å². The van der Waals surface area contributed by atoms with Crippen molar-refractivity contribution in [2.45, 2.75) is 32.7 Å². The standard InChI is InChI=1S/C12H22N2O2/c1-10(7-12(15)16)8-13-9-11(2)14-5-3-4-6-14/h7,11,13H,3-6,8-9H2,1-2H3,(H,15,16). The maximum Gasteiger partial charge on any atom is 0.328 e. The highest BCUT2D eigenvalue weighted by atomic mass is 16.4. The van der Waals surface area contributed by atoms with E-state index in [4.69, 9.17) is 5.11 Å². The number of hydrogen-bond acceptors (Lipinski definition) is 3. The lowest BCUT2D eigenvalue weighted by molar-refractivity contribution is -0.131. The van der Waals surface area contributed by atoms with Crippen LogP contribution in [0.3, 0.4) is 0 Å². The van der Waals surface area contributed by atoms with Crippen molar-refractivity contribution in [1.29, 1.82) is 0 Å². The molecule has 0 amide bonds. The van der Waals surface area contributed by atoms with Crippen LogP contribution in [0.5, 0.6) is 0 Å². The summed E-state index contributed by atoms with van der Waals surface area (Å²) in [6.07, 6.45) is 3.87. The van der Waals surface area contributed by atoms with Crippen LogP contribution in [-0.2, 0) is 4.79 Å². The van der Waals surface area contributed by atoms with Crippen LogP contribution >= 0.6 is 0 Å². The van der Waals surface area contributed by atoms with Gasteiger partial charge in [0.15, 0.2) is 0 Å². The van der Waals surface area contributed by atoms with Crippen molar-refractivity contribution in [1.82, 2.24) is 10.2 Å². The van der Waals surface area contributed by atoms with Crippen LogP contribution in [0.15, 0.2) is 11.6 Å². The van der Waals surface area contributed by atoms with Crippen molar-refractivity contribution < 1.29 is 9.90 Å². The second kappa shape index (κ2) is 6.66. The minimum absolute atomic E-state index is 0.542. The van der Waals surface area contributed by atoms with Crippen molar-refractivity contribution in [3.8, 4) is 0 Å². The Morgan fingerprint density at radius 3 is 2.69 bits per heavy atom. The third-order valence-electron chi connectivity index (χ3n) is 2.98. The molecule has 4 nitrogen and oxygen atoms in total. The molecule has 1 saturated heterocycles. The van der Waals surface area contributed by atoms with Gasteiger partial charge in [0.05, 0.1) is 0 Å². The summed E-state index contributed by atoms with van der Waals surface area (Å²) >= 11 is 0. The summed E-state index contributed by atoms with van der Waals surface area (Å²) in [6, 6.07) is 0.542. The van der Waals surface area contributed by atoms with Gasteiger partial charge in [-0.3, -0.25) is 4.90 Å². The van der Waals surface area contributed by atoms with Crippen LogP contribution in [0.25, 0.3) is 0 Å². The lowest BCUT2D eigenvalue weighted by Crippen LogP contribution is -2.39. The Balaban J connectivity index is 2.17. The summed E-state index contributed by atoms with van der Waals surface area (Å²) < 4.78 is 0. The molecule has 2 N–H and O–H groups in total. The van der Waals surface area contributed by atoms with Gasteiger partial charge in [0, 0.05) is 25.2 Å². The summed E-state index contributed by atoms with van der Waals surface area (Å²) in [4.78, 5) is 12.9. The highest BCUT2D eigenvalue weighted by molar-refractivity contribution is 5.80. The molecule has 1 aliphatic heterocycles. The van der Waals surface area contributed by atoms with Crippen LogP contribution in [0.4, 0.5) is 0 Å². The predicted octanol–water partition coefficient (Wildman–Crippen LogP) is 1.09. The van der Waals surface area contributed by atoms with Crippen molar-refractivity contribution in [2.24, 2.45) is 0 Å². The van der Waals surface area contributed by atoms with Gasteiger partial charge >= 0.3 is 5.97 Å². The number of carbonyl (C=O) groups is 1. The zero-order chi connectivity index (χ0) is 12.0. The van der Waals surface area contributed by atoms with E-state index >= 15 is 0 Å². The van der Waals surface area contributed by atoms with Gasteiger partial charge in [0.2, 0.25) is 0 Å². The molecule has 1 aliphatic rings. The van der Waals surface area contributed by atoms with E-state index in [1.807, 2.05) is 6.92 Å². The average Bonchev–Trinajstić information content (AvgIpc) is 2.68. The molecule has 0 aromatic carbocycles. The summed E-state index contributed by atoms with van der Waals surface area (Å²) in [7, 11) is 0. The second-order valence-electron chi connectivity index (χ2n) is 4.55. The Morgan fingerprint density at radius 2 is 2.12 bits per heavy atom. The molecule has 92 valence electrons. The molecule has 0 aliphatic carbocycles. The molecular weight excluding hydrogens is 204 g/mol. The number of nitrogens with one attached hydrogen (secondary N) is 1. The minimum Gasteiger partial charge on any atom is -0.478 e. The third kappa shape index (κ3) is 4.77. The van der Waals surface area contributed by atoms with E-state index in [0.29, 0.717) is 12.6 Å². The Morgan fingerprint density at radius 1 is 1.50 bits per heavy atom. The highest BCUT2D eigenvalue weighted by Gasteiger charge is 2.17. The van der Waals surface area contributed by atoms with Crippen LogP contribution in [0, 0.1) is 0 Å². The van der Waals surface area contributed by atoms with E-state index in [0.717, 1.165) is 12.1 Å². The molecule has 0 aromatic heterocycles. The Bertz CT molecular complexity index is 258. The summed E-state index contributed by atoms with van der Waals surface area (Å²) in [5.74, 6) is -0.869. The van der Waals surface area contributed by atoms with Gasteiger partial charge in [-0.25, -0.2) is 4.79 Å². The first kappa shape index (κ1) is 13.2. The van der Waals surface area contributed by atoms with Crippen molar-refractivity contribution in [3.63, 3.8) is 0 Å². The van der Waals surface area contributed by atoms with Gasteiger partial charge in [-0.15, -0.1) is 0 Å². The van der Waals surface area contributed by atoms with Gasteiger partial charge in [0.1, 0.15) is 0 Å². The first-order valence-corrected chi connectivity index (χ1v) is 5.94. The quantitative estimate of drug-likeness (QED) is 0.666. The predicted molar refractivity (Wildman–Crippen MR) is 64.5 cm³/mol. The van der Waals surface area contributed by atoms with Crippen molar-refractivity contribution in [2.75, 3.05) is 26.2 Å². The second-order valence-corrected chi connectivity index (χ2v) is 4.55. The maximum absolute atomic E-state index is 10.4. The first-order valence-electron chi connectivity index (χ1n) is 5.94. The van der Waals surface area contributed by atoms with E-state index in [9.17, 15) is 4.79 Å². The molecule has 16 heavy (non-hydrogen) atoms. The molecule has 1 heterocycles. The van der Waals surface area contributed by atoms with E-state index in [-0.39, 0.29) is 0 Å². The maximum atomic E-state index is 10.4. The average molecular weight is 226 g/mol. The SMILES string of the molecule is CC(=CC(=O)O)CNCC(C)N1CCCC1. The topological polar surface area (TPSA) is 52.6 Å². The monoisotopic (exact) mass is 226 g/mol. The van der Waals surface area contributed by atoms with Crippen LogP contribution < -0.4 is 5.32 Å². The van der Waals surface area contributed by atoms with Crippen LogP contribution in [0.1, 0.15) is 26.7 Å². The van der Waals surface area contributed by atoms with E-state index < -0.39 is 5.97 Å². The molecule has 0 saturated carbocycles. The van der Waals surface area contributed by atoms with E-state index in [1.54, 1.807) is 0 Å². The lowest BCUT2D eigenvalue weighted by atomic mass is 10.2. The largest absolute Gasteiger partial charge is 0.478 e. The fraction of sp³-hybridized carbons (Fsp3) is 0.750. The highest BCUT2D eigenvalue weighted by Crippen LogP contribution is 2.10. The fourth-order valence-electron chi connectivity index (χ4n) is 2.05. The molecule has 0 radical (unpaired) electrons. The molecule has 0 spiro atoms. The first-order chi connectivity index (χ1) is 7.59. The van der Waals surface area contributed by atoms with Gasteiger partial charge in [0.25, 0.3) is 0 Å². The smallest absolute Gasteiger partial charge is 0.328 e. The van der Waals surface area contributed by atoms with Gasteiger partial charge in [-0.2, -0.15) is 0 Å². The normalized spacial score (nSPS) is 20.0. The number of carboxylic acid groups (broad SMARTS) is 1. The molecule has 1 unspecified atom stereocenters. The Labute approximate surface area is 97.3 Å². The summed E-state index contributed by atoms with van der Waals surface area (Å²) in [5, 5.41) is 11.8. The van der Waals surface area contributed by atoms with Crippen molar-refractivity contribution >= 4 is 5.97 Å². The zero-order valence-electron chi connectivity index (χ0n) is 10.2. The number of rotatable bonds is 6. The number of nitrogens with zero attached hydrogens (tertiary/aromatic N) is 1. The fourth-order valence-corrected chi connectivity index (χ4v) is 2.05. The molecule has 1 rings (SSSR count). The number of likely N-dealkylation sites (tertiary alicyclic amines) is 1. The number of carboxylic acids is 1.